The Labute approximate surface area is 359 Å². The van der Waals surface area contributed by atoms with E-state index in [1.165, 1.54) is 109 Å². The molecule has 0 radical (unpaired) electrons. The molecule has 0 amide bonds. The van der Waals surface area contributed by atoms with Gasteiger partial charge in [-0.05, 0) is 98.6 Å². The third kappa shape index (κ3) is 4.81. The fourth-order valence-electron chi connectivity index (χ4n) is 10.7. The van der Waals surface area contributed by atoms with Gasteiger partial charge in [0.25, 0.3) is 0 Å². The second kappa shape index (κ2) is 12.1. The first-order valence-corrected chi connectivity index (χ1v) is 22.4. The number of anilines is 2. The largest absolute Gasteiger partial charge is 0.455 e. The Balaban J connectivity index is 1.27. The van der Waals surface area contributed by atoms with E-state index in [0.29, 0.717) is 0 Å². The lowest BCUT2D eigenvalue weighted by atomic mass is 9.43. The highest BCUT2D eigenvalue weighted by molar-refractivity contribution is 7.26. The number of thiophene rings is 1. The molecular weight excluding hydrogens is 760 g/mol. The van der Waals surface area contributed by atoms with Crippen LogP contribution in [0, 0.1) is 0 Å². The number of hydrogen-bond donors (Lipinski definition) is 0. The predicted octanol–water partition coefficient (Wildman–Crippen LogP) is 14.6. The highest BCUT2D eigenvalue weighted by atomic mass is 32.1. The van der Waals surface area contributed by atoms with Crippen molar-refractivity contribution in [3.63, 3.8) is 0 Å². The molecule has 0 N–H and O–H groups in total. The standard InChI is InChI=1S/C56H43BN2OS/c1-55(2,3)34-23-25-43-40(28-34)49-50-38-20-10-12-21-46(38)60-54(50)51-41-29-35(56(4,5)6)24-26-44(41)59(36-18-14-17-33(27-36)32-15-8-7-9-16-32)57-42-30-39-37-19-11-13-22-47(37)61-48(39)31-45(42)58(43)53(49)52(51)57/h7-31H,1-6H3. The van der Waals surface area contributed by atoms with Crippen molar-refractivity contribution in [2.45, 2.75) is 52.4 Å². The molecule has 0 aliphatic carbocycles. The molecule has 3 nitrogen and oxygen atoms in total. The fourth-order valence-corrected chi connectivity index (χ4v) is 11.8. The minimum absolute atomic E-state index is 0.0267. The maximum Gasteiger partial charge on any atom is 0.333 e. The van der Waals surface area contributed by atoms with Crippen LogP contribution in [-0.2, 0) is 10.8 Å². The Morgan fingerprint density at radius 1 is 0.541 bits per heavy atom. The first-order valence-electron chi connectivity index (χ1n) is 21.5. The zero-order valence-corrected chi connectivity index (χ0v) is 36.0. The van der Waals surface area contributed by atoms with Crippen molar-refractivity contribution in [1.82, 2.24) is 4.57 Å². The molecule has 0 unspecified atom stereocenters. The SMILES string of the molecule is CC(C)(C)c1ccc2c(c1)-c1c3c4c(c5cc(C(C)(C)C)ccc5n4-c4cc5sc6ccccc6c5cc4B3N2c2cccc(-c3ccccc3)c2)c2c1oc1ccccc12. The van der Waals surface area contributed by atoms with Gasteiger partial charge >= 0.3 is 6.85 Å². The molecule has 13 rings (SSSR count). The third-order valence-corrected chi connectivity index (χ3v) is 14.8. The van der Waals surface area contributed by atoms with Gasteiger partial charge in [-0.2, -0.15) is 0 Å². The molecule has 0 saturated carbocycles. The normalized spacial score (nSPS) is 13.7. The Bertz CT molecular complexity index is 3690. The summed E-state index contributed by atoms with van der Waals surface area (Å²) in [5.41, 5.74) is 18.0. The molecule has 0 fully saturated rings. The minimum atomic E-state index is -0.147. The van der Waals surface area contributed by atoms with Gasteiger partial charge in [0, 0.05) is 69.9 Å². The van der Waals surface area contributed by atoms with E-state index in [2.05, 4.69) is 203 Å². The Hall–Kier alpha value is -6.56. The van der Waals surface area contributed by atoms with Crippen molar-refractivity contribution in [1.29, 1.82) is 0 Å². The average Bonchev–Trinajstić information content (AvgIpc) is 3.94. The predicted molar refractivity (Wildman–Crippen MR) is 263 cm³/mol. The van der Waals surface area contributed by atoms with Crippen molar-refractivity contribution < 1.29 is 4.42 Å². The van der Waals surface area contributed by atoms with Crippen LogP contribution in [0.5, 0.6) is 0 Å². The number of fused-ring (bicyclic) bond motifs is 16. The molecule has 61 heavy (non-hydrogen) atoms. The second-order valence-electron chi connectivity index (χ2n) is 19.3. The summed E-state index contributed by atoms with van der Waals surface area (Å²) < 4.78 is 12.5. The molecule has 11 aromatic rings. The van der Waals surface area contributed by atoms with Crippen LogP contribution in [0.4, 0.5) is 11.4 Å². The summed E-state index contributed by atoms with van der Waals surface area (Å²) in [6.07, 6.45) is 0. The van der Waals surface area contributed by atoms with E-state index in [-0.39, 0.29) is 17.7 Å². The van der Waals surface area contributed by atoms with E-state index < -0.39 is 0 Å². The maximum absolute atomic E-state index is 7.26. The lowest BCUT2D eigenvalue weighted by Gasteiger charge is -2.42. The monoisotopic (exact) mass is 802 g/mol. The number of nitrogens with zero attached hydrogens (tertiary/aromatic N) is 2. The zero-order valence-electron chi connectivity index (χ0n) is 35.2. The van der Waals surface area contributed by atoms with Crippen LogP contribution >= 0.6 is 11.3 Å². The van der Waals surface area contributed by atoms with Gasteiger partial charge in [-0.25, -0.2) is 0 Å². The molecule has 2 aliphatic rings. The Morgan fingerprint density at radius 2 is 1.26 bits per heavy atom. The van der Waals surface area contributed by atoms with Gasteiger partial charge in [-0.3, -0.25) is 0 Å². The molecule has 5 heteroatoms. The van der Waals surface area contributed by atoms with E-state index >= 15 is 0 Å². The van der Waals surface area contributed by atoms with Crippen molar-refractivity contribution in [3.8, 4) is 27.9 Å². The summed E-state index contributed by atoms with van der Waals surface area (Å²) in [7, 11) is 0. The van der Waals surface area contributed by atoms with Crippen molar-refractivity contribution in [3.05, 3.63) is 163 Å². The Kier molecular flexibility index (Phi) is 6.96. The van der Waals surface area contributed by atoms with E-state index in [1.54, 1.807) is 0 Å². The summed E-state index contributed by atoms with van der Waals surface area (Å²) in [6.45, 7) is 13.8. The van der Waals surface area contributed by atoms with Crippen LogP contribution in [0.2, 0.25) is 0 Å². The summed E-state index contributed by atoms with van der Waals surface area (Å²) in [5.74, 6) is 0. The summed E-state index contributed by atoms with van der Waals surface area (Å²) in [4.78, 5) is 2.66. The van der Waals surface area contributed by atoms with E-state index in [1.807, 2.05) is 11.3 Å². The molecule has 0 spiro atoms. The molecule has 292 valence electrons. The van der Waals surface area contributed by atoms with Gasteiger partial charge in [0.1, 0.15) is 11.2 Å². The van der Waals surface area contributed by atoms with Gasteiger partial charge < -0.3 is 13.8 Å². The Morgan fingerprint density at radius 3 is 2.08 bits per heavy atom. The van der Waals surface area contributed by atoms with Crippen molar-refractivity contribution >= 4 is 104 Å². The van der Waals surface area contributed by atoms with Crippen molar-refractivity contribution in [2.75, 3.05) is 4.81 Å². The van der Waals surface area contributed by atoms with Crippen LogP contribution in [-0.4, -0.2) is 11.4 Å². The smallest absolute Gasteiger partial charge is 0.333 e. The molecular formula is C56H43BN2OS. The number of rotatable bonds is 2. The molecule has 0 bridgehead atoms. The molecule has 2 aliphatic heterocycles. The van der Waals surface area contributed by atoms with E-state index in [0.717, 1.165) is 16.6 Å². The summed E-state index contributed by atoms with van der Waals surface area (Å²) >= 11 is 1.90. The number of aromatic nitrogens is 1. The molecule has 0 saturated heterocycles. The van der Waals surface area contributed by atoms with Gasteiger partial charge in [0.2, 0.25) is 0 Å². The molecule has 5 heterocycles. The first kappa shape index (κ1) is 35.2. The van der Waals surface area contributed by atoms with Gasteiger partial charge in [0.15, 0.2) is 0 Å². The summed E-state index contributed by atoms with van der Waals surface area (Å²) in [6, 6.07) is 57.1. The summed E-state index contributed by atoms with van der Waals surface area (Å²) in [5, 5.41) is 7.54. The van der Waals surface area contributed by atoms with E-state index in [9.17, 15) is 0 Å². The van der Waals surface area contributed by atoms with E-state index in [4.69, 9.17) is 4.42 Å². The van der Waals surface area contributed by atoms with Crippen LogP contribution in [0.25, 0.3) is 91.9 Å². The molecule has 3 aromatic heterocycles. The maximum atomic E-state index is 7.26. The van der Waals surface area contributed by atoms with Crippen molar-refractivity contribution in [2.24, 2.45) is 0 Å². The highest BCUT2D eigenvalue weighted by Gasteiger charge is 2.46. The number of benzene rings is 8. The van der Waals surface area contributed by atoms with Gasteiger partial charge in [0.05, 0.1) is 11.0 Å². The topological polar surface area (TPSA) is 21.3 Å². The number of hydrogen-bond acceptors (Lipinski definition) is 3. The number of para-hydroxylation sites is 1. The highest BCUT2D eigenvalue weighted by Crippen LogP contribution is 2.52. The fraction of sp³-hybridized carbons (Fsp3) is 0.143. The second-order valence-corrected chi connectivity index (χ2v) is 20.4. The molecule has 8 aromatic carbocycles. The lowest BCUT2D eigenvalue weighted by Crippen LogP contribution is -2.60. The van der Waals surface area contributed by atoms with Crippen LogP contribution in [0.15, 0.2) is 156 Å². The first-order chi connectivity index (χ1) is 29.5. The van der Waals surface area contributed by atoms with Crippen LogP contribution < -0.4 is 15.7 Å². The number of furan rings is 1. The zero-order chi connectivity index (χ0) is 41.1. The third-order valence-electron chi connectivity index (χ3n) is 13.6. The van der Waals surface area contributed by atoms with Crippen LogP contribution in [0.3, 0.4) is 0 Å². The van der Waals surface area contributed by atoms with Crippen LogP contribution in [0.1, 0.15) is 52.7 Å². The van der Waals surface area contributed by atoms with Gasteiger partial charge in [-0.1, -0.05) is 139 Å². The van der Waals surface area contributed by atoms with Gasteiger partial charge in [-0.15, -0.1) is 11.3 Å². The molecule has 0 atom stereocenters. The quantitative estimate of drug-likeness (QED) is 0.162. The minimum Gasteiger partial charge on any atom is -0.455 e. The average molecular weight is 803 g/mol. The lowest BCUT2D eigenvalue weighted by molar-refractivity contribution is 0.590.